The Morgan fingerprint density at radius 2 is 1.04 bits per heavy atom. The molecule has 0 unspecified atom stereocenters. The molecule has 0 aliphatic carbocycles. The van der Waals surface area contributed by atoms with Gasteiger partial charge in [-0.05, 0) is 99.8 Å². The standard InChI is InChI=1S/C25H43NO/c1-8-27-26-25(7)20-12-19-24(6)18-11-17-23(5)16-10-15-22(4)14-9-13-21(2)3/h13,15,17,19H,8-12,14,16,18,20H2,1-7H3/b22-15+,23-17+,24-19+,26-25+. The van der Waals surface area contributed by atoms with Gasteiger partial charge in [0.1, 0.15) is 6.61 Å². The number of hydrogen-bond donors (Lipinski definition) is 0. The lowest BCUT2D eigenvalue weighted by Gasteiger charge is -2.03. The number of hydrogen-bond acceptors (Lipinski definition) is 2. The Morgan fingerprint density at radius 3 is 1.44 bits per heavy atom. The lowest BCUT2D eigenvalue weighted by Crippen LogP contribution is -1.93. The van der Waals surface area contributed by atoms with Gasteiger partial charge in [-0.3, -0.25) is 0 Å². The Kier molecular flexibility index (Phi) is 15.6. The summed E-state index contributed by atoms with van der Waals surface area (Å²) in [5.74, 6) is 0. The van der Waals surface area contributed by atoms with E-state index in [0.717, 1.165) is 37.8 Å². The normalized spacial score (nSPS) is 13.7. The number of allylic oxidation sites excluding steroid dienone is 8. The molecule has 0 N–H and O–H groups in total. The van der Waals surface area contributed by atoms with Crippen molar-refractivity contribution in [2.45, 2.75) is 99.8 Å². The third kappa shape index (κ3) is 17.6. The molecule has 27 heavy (non-hydrogen) atoms. The van der Waals surface area contributed by atoms with E-state index in [-0.39, 0.29) is 0 Å². The van der Waals surface area contributed by atoms with Crippen LogP contribution in [-0.2, 0) is 4.84 Å². The van der Waals surface area contributed by atoms with Gasteiger partial charge in [0, 0.05) is 0 Å². The molecule has 2 nitrogen and oxygen atoms in total. The second kappa shape index (κ2) is 16.6. The van der Waals surface area contributed by atoms with E-state index in [9.17, 15) is 0 Å². The highest BCUT2D eigenvalue weighted by atomic mass is 16.6. The Labute approximate surface area is 169 Å². The van der Waals surface area contributed by atoms with Crippen molar-refractivity contribution in [1.29, 1.82) is 0 Å². The van der Waals surface area contributed by atoms with Crippen LogP contribution in [0.2, 0.25) is 0 Å². The molecule has 0 aromatic rings. The summed E-state index contributed by atoms with van der Waals surface area (Å²) >= 11 is 0. The monoisotopic (exact) mass is 373 g/mol. The first-order valence-electron chi connectivity index (χ1n) is 10.6. The predicted molar refractivity (Wildman–Crippen MR) is 122 cm³/mol. The number of nitrogens with zero attached hydrogens (tertiary/aromatic N) is 1. The van der Waals surface area contributed by atoms with Gasteiger partial charge in [0.05, 0.1) is 5.71 Å². The van der Waals surface area contributed by atoms with Gasteiger partial charge in [-0.15, -0.1) is 0 Å². The minimum Gasteiger partial charge on any atom is -0.396 e. The van der Waals surface area contributed by atoms with Gasteiger partial charge in [0.2, 0.25) is 0 Å². The quantitative estimate of drug-likeness (QED) is 0.170. The molecule has 0 aliphatic rings. The fraction of sp³-hybridized carbons (Fsp3) is 0.640. The molecular formula is C25H43NO. The lowest BCUT2D eigenvalue weighted by atomic mass is 10.0. The van der Waals surface area contributed by atoms with Gasteiger partial charge in [-0.2, -0.15) is 0 Å². The van der Waals surface area contributed by atoms with E-state index in [4.69, 9.17) is 4.84 Å². The highest BCUT2D eigenvalue weighted by Crippen LogP contribution is 2.14. The van der Waals surface area contributed by atoms with E-state index in [1.54, 1.807) is 0 Å². The topological polar surface area (TPSA) is 21.6 Å². The first kappa shape index (κ1) is 25.4. The van der Waals surface area contributed by atoms with E-state index in [0.29, 0.717) is 6.61 Å². The van der Waals surface area contributed by atoms with Crippen LogP contribution < -0.4 is 0 Å². The largest absolute Gasteiger partial charge is 0.396 e. The summed E-state index contributed by atoms with van der Waals surface area (Å²) in [6, 6.07) is 0. The molecule has 0 spiro atoms. The van der Waals surface area contributed by atoms with Crippen molar-refractivity contribution < 1.29 is 4.84 Å². The third-order valence-electron chi connectivity index (χ3n) is 4.50. The predicted octanol–water partition coefficient (Wildman–Crippen LogP) is 8.32. The number of rotatable bonds is 14. The molecular weight excluding hydrogens is 330 g/mol. The SMILES string of the molecule is CCO/N=C(\C)CC/C=C(\C)CC/C=C(\C)CC/C=C(\C)CCC=C(C)C. The minimum absolute atomic E-state index is 0.642. The summed E-state index contributed by atoms with van der Waals surface area (Å²) in [4.78, 5) is 5.07. The lowest BCUT2D eigenvalue weighted by molar-refractivity contribution is 0.158. The Hall–Kier alpha value is -1.57. The van der Waals surface area contributed by atoms with E-state index in [1.165, 1.54) is 41.6 Å². The molecule has 0 aromatic carbocycles. The van der Waals surface area contributed by atoms with Crippen LogP contribution >= 0.6 is 0 Å². The Morgan fingerprint density at radius 1 is 0.630 bits per heavy atom. The smallest absolute Gasteiger partial charge is 0.114 e. The summed E-state index contributed by atoms with van der Waals surface area (Å²) in [6.07, 6.45) is 18.5. The molecule has 0 atom stereocenters. The molecule has 2 heteroatoms. The maximum Gasteiger partial charge on any atom is 0.114 e. The summed E-state index contributed by atoms with van der Waals surface area (Å²) in [6.45, 7) is 15.7. The maximum atomic E-state index is 5.07. The van der Waals surface area contributed by atoms with Crippen molar-refractivity contribution in [2.24, 2.45) is 5.16 Å². The summed E-state index contributed by atoms with van der Waals surface area (Å²) in [5.41, 5.74) is 6.98. The molecule has 0 aromatic heterocycles. The fourth-order valence-electron chi connectivity index (χ4n) is 2.74. The molecule has 0 aliphatic heterocycles. The Bertz CT molecular complexity index is 543. The van der Waals surface area contributed by atoms with Crippen molar-refractivity contribution in [3.63, 3.8) is 0 Å². The third-order valence-corrected chi connectivity index (χ3v) is 4.50. The first-order chi connectivity index (χ1) is 12.8. The van der Waals surface area contributed by atoms with Crippen LogP contribution in [0.1, 0.15) is 99.8 Å². The highest BCUT2D eigenvalue weighted by molar-refractivity contribution is 5.81. The van der Waals surface area contributed by atoms with Crippen LogP contribution in [0.5, 0.6) is 0 Å². The van der Waals surface area contributed by atoms with Crippen LogP contribution in [0.15, 0.2) is 51.8 Å². The highest BCUT2D eigenvalue weighted by Gasteiger charge is 1.95. The van der Waals surface area contributed by atoms with Gasteiger partial charge in [-0.1, -0.05) is 51.8 Å². The van der Waals surface area contributed by atoms with Crippen molar-refractivity contribution in [2.75, 3.05) is 6.61 Å². The van der Waals surface area contributed by atoms with Gasteiger partial charge in [0.25, 0.3) is 0 Å². The van der Waals surface area contributed by atoms with Crippen molar-refractivity contribution in [3.05, 3.63) is 46.6 Å². The van der Waals surface area contributed by atoms with Crippen LogP contribution in [0.3, 0.4) is 0 Å². The zero-order valence-electron chi connectivity index (χ0n) is 19.0. The van der Waals surface area contributed by atoms with Crippen LogP contribution in [0.25, 0.3) is 0 Å². The van der Waals surface area contributed by atoms with Gasteiger partial charge in [-0.25, -0.2) is 0 Å². The van der Waals surface area contributed by atoms with Crippen molar-refractivity contribution in [3.8, 4) is 0 Å². The second-order valence-corrected chi connectivity index (χ2v) is 7.83. The summed E-state index contributed by atoms with van der Waals surface area (Å²) in [7, 11) is 0. The average Bonchev–Trinajstić information content (AvgIpc) is 2.59. The van der Waals surface area contributed by atoms with Gasteiger partial charge >= 0.3 is 0 Å². The van der Waals surface area contributed by atoms with Crippen LogP contribution in [0, 0.1) is 0 Å². The zero-order chi connectivity index (χ0) is 20.5. The van der Waals surface area contributed by atoms with Crippen molar-refractivity contribution >= 4 is 5.71 Å². The molecule has 0 saturated heterocycles. The molecule has 0 amide bonds. The summed E-state index contributed by atoms with van der Waals surface area (Å²) in [5, 5.41) is 4.06. The maximum absolute atomic E-state index is 5.07. The number of oxime groups is 1. The van der Waals surface area contributed by atoms with Crippen LogP contribution in [0.4, 0.5) is 0 Å². The molecule has 0 radical (unpaired) electrons. The molecule has 154 valence electrons. The summed E-state index contributed by atoms with van der Waals surface area (Å²) < 4.78 is 0. The fourth-order valence-corrected chi connectivity index (χ4v) is 2.74. The molecule has 0 heterocycles. The minimum atomic E-state index is 0.642. The molecule has 0 rings (SSSR count). The van der Waals surface area contributed by atoms with E-state index >= 15 is 0 Å². The van der Waals surface area contributed by atoms with E-state index < -0.39 is 0 Å². The van der Waals surface area contributed by atoms with Crippen LogP contribution in [-0.4, -0.2) is 12.3 Å². The van der Waals surface area contributed by atoms with E-state index in [2.05, 4.69) is 64.1 Å². The first-order valence-corrected chi connectivity index (χ1v) is 10.6. The zero-order valence-corrected chi connectivity index (χ0v) is 19.0. The molecule has 0 fully saturated rings. The van der Waals surface area contributed by atoms with Gasteiger partial charge in [0.15, 0.2) is 0 Å². The average molecular weight is 374 g/mol. The van der Waals surface area contributed by atoms with Crippen molar-refractivity contribution in [1.82, 2.24) is 0 Å². The Balaban J connectivity index is 4.03. The molecule has 0 saturated carbocycles. The van der Waals surface area contributed by atoms with E-state index in [1.807, 2.05) is 13.8 Å². The second-order valence-electron chi connectivity index (χ2n) is 7.83. The molecule has 0 bridgehead atoms. The van der Waals surface area contributed by atoms with Gasteiger partial charge < -0.3 is 4.84 Å².